The first-order chi connectivity index (χ1) is 32.7. The Kier molecular flexibility index (Phi) is 7.29. The Morgan fingerprint density at radius 1 is 0.348 bits per heavy atom. The van der Waals surface area contributed by atoms with E-state index in [1.165, 1.54) is 65.4 Å². The van der Waals surface area contributed by atoms with Crippen molar-refractivity contribution in [3.05, 3.63) is 269 Å². The summed E-state index contributed by atoms with van der Waals surface area (Å²) in [6, 6.07) is 82.6. The zero-order valence-corrected chi connectivity index (χ0v) is 36.4. The van der Waals surface area contributed by atoms with Crippen LogP contribution in [0.1, 0.15) is 44.5 Å². The van der Waals surface area contributed by atoms with Crippen LogP contribution >= 0.6 is 11.8 Å². The van der Waals surface area contributed by atoms with E-state index >= 15 is 0 Å². The van der Waals surface area contributed by atoms with Gasteiger partial charge in [-0.2, -0.15) is 0 Å². The summed E-state index contributed by atoms with van der Waals surface area (Å²) >= 11 is 1.88. The van der Waals surface area contributed by atoms with Crippen LogP contribution in [0.3, 0.4) is 0 Å². The number of fused-ring (bicyclic) bond motifs is 21. The number of hydrogen-bond donors (Lipinski definition) is 0. The Labute approximate surface area is 386 Å². The highest BCUT2D eigenvalue weighted by atomic mass is 32.2. The summed E-state index contributed by atoms with van der Waals surface area (Å²) < 4.78 is 13.4. The molecule has 10 aromatic carbocycles. The Bertz CT molecular complexity index is 3790. The lowest BCUT2D eigenvalue weighted by Gasteiger charge is -2.40. The van der Waals surface area contributed by atoms with Crippen LogP contribution < -0.4 is 9.64 Å². The van der Waals surface area contributed by atoms with Crippen molar-refractivity contribution >= 4 is 50.8 Å². The van der Waals surface area contributed by atoms with E-state index in [2.05, 4.69) is 229 Å². The van der Waals surface area contributed by atoms with E-state index in [4.69, 9.17) is 9.15 Å². The summed E-state index contributed by atoms with van der Waals surface area (Å²) in [4.78, 5) is 5.07. The maximum atomic E-state index is 6.73. The third kappa shape index (κ3) is 4.54. The fourth-order valence-electron chi connectivity index (χ4n) is 12.3. The monoisotopic (exact) mass is 859 g/mol. The number of rotatable bonds is 3. The fraction of sp³-hybridized carbons (Fsp3) is 0.0323. The van der Waals surface area contributed by atoms with Crippen molar-refractivity contribution in [3.63, 3.8) is 0 Å². The molecule has 0 radical (unpaired) electrons. The number of ether oxygens (including phenoxy) is 1. The molecule has 66 heavy (non-hydrogen) atoms. The van der Waals surface area contributed by atoms with Crippen LogP contribution in [0.25, 0.3) is 44.2 Å². The molecule has 0 saturated heterocycles. The van der Waals surface area contributed by atoms with Crippen molar-refractivity contribution in [1.29, 1.82) is 0 Å². The van der Waals surface area contributed by atoms with Gasteiger partial charge in [-0.3, -0.25) is 0 Å². The molecular formula is C62H37NO2S. The van der Waals surface area contributed by atoms with E-state index in [-0.39, 0.29) is 0 Å². The van der Waals surface area contributed by atoms with Gasteiger partial charge in [-0.1, -0.05) is 169 Å². The molecule has 0 amide bonds. The minimum Gasteiger partial charge on any atom is -0.457 e. The Morgan fingerprint density at radius 3 is 1.56 bits per heavy atom. The predicted molar refractivity (Wildman–Crippen MR) is 267 cm³/mol. The van der Waals surface area contributed by atoms with Gasteiger partial charge < -0.3 is 14.1 Å². The van der Waals surface area contributed by atoms with Crippen molar-refractivity contribution in [1.82, 2.24) is 0 Å². The van der Waals surface area contributed by atoms with Crippen LogP contribution in [0.15, 0.2) is 239 Å². The van der Waals surface area contributed by atoms with Crippen LogP contribution in [-0.2, 0) is 10.8 Å². The first-order valence-corrected chi connectivity index (χ1v) is 23.5. The lowest BCUT2D eigenvalue weighted by molar-refractivity contribution is 0.436. The predicted octanol–water partition coefficient (Wildman–Crippen LogP) is 16.4. The van der Waals surface area contributed by atoms with E-state index < -0.39 is 10.8 Å². The van der Waals surface area contributed by atoms with Gasteiger partial charge in [0.25, 0.3) is 0 Å². The molecule has 15 rings (SSSR count). The van der Waals surface area contributed by atoms with Crippen LogP contribution in [0.5, 0.6) is 11.5 Å². The third-order valence-corrected chi connectivity index (χ3v) is 16.0. The minimum atomic E-state index is -0.615. The van der Waals surface area contributed by atoms with Crippen LogP contribution in [0, 0.1) is 0 Å². The molecule has 0 atom stereocenters. The second-order valence-corrected chi connectivity index (χ2v) is 18.9. The summed E-state index contributed by atoms with van der Waals surface area (Å²) in [5.74, 6) is 1.76. The number of furan rings is 1. The average Bonchev–Trinajstić information content (AvgIpc) is 4.00. The number of anilines is 3. The maximum absolute atomic E-state index is 6.73. The average molecular weight is 860 g/mol. The smallest absolute Gasteiger partial charge is 0.137 e. The van der Waals surface area contributed by atoms with Gasteiger partial charge >= 0.3 is 0 Å². The molecular weight excluding hydrogens is 823 g/mol. The van der Waals surface area contributed by atoms with Gasteiger partial charge in [0.2, 0.25) is 0 Å². The highest BCUT2D eigenvalue weighted by molar-refractivity contribution is 7.99. The number of benzene rings is 10. The molecule has 308 valence electrons. The molecule has 3 heterocycles. The Hall–Kier alpha value is -8.05. The zero-order valence-electron chi connectivity index (χ0n) is 35.5. The molecule has 2 aliphatic carbocycles. The largest absolute Gasteiger partial charge is 0.457 e. The quantitative estimate of drug-likeness (QED) is 0.177. The van der Waals surface area contributed by atoms with Gasteiger partial charge in [-0.25, -0.2) is 0 Å². The van der Waals surface area contributed by atoms with Crippen molar-refractivity contribution < 1.29 is 9.15 Å². The molecule has 3 nitrogen and oxygen atoms in total. The van der Waals surface area contributed by atoms with Gasteiger partial charge in [0.05, 0.1) is 21.9 Å². The van der Waals surface area contributed by atoms with E-state index in [1.807, 2.05) is 11.8 Å². The van der Waals surface area contributed by atoms with Crippen LogP contribution in [0.4, 0.5) is 17.1 Å². The highest BCUT2D eigenvalue weighted by Crippen LogP contribution is 2.65. The molecule has 2 spiro atoms. The van der Waals surface area contributed by atoms with Gasteiger partial charge in [0.1, 0.15) is 22.7 Å². The summed E-state index contributed by atoms with van der Waals surface area (Å²) in [6.07, 6.45) is 0. The molecule has 1 aromatic heterocycles. The summed E-state index contributed by atoms with van der Waals surface area (Å²) in [5.41, 5.74) is 18.9. The van der Waals surface area contributed by atoms with Crippen molar-refractivity contribution in [2.45, 2.75) is 20.6 Å². The standard InChI is InChI=1S/C62H37NO2S/c1-4-19-45-40(16-1)42-34-32-39(37-52(42)62(45)48-21-6-11-27-55(48)65-56-28-12-7-22-49(56)62)63(53-25-15-29-57-60(53)43-18-3-10-26-54(43)64-57)38-33-35-47-44(36-38)41-17-2-5-20-46(41)61(47)50-23-8-13-30-58(50)66-59-31-14-9-24-51(59)61/h1-37H. The molecule has 11 aromatic rings. The number of hydrogen-bond acceptors (Lipinski definition) is 4. The first-order valence-electron chi connectivity index (χ1n) is 22.7. The first kappa shape index (κ1) is 36.3. The molecule has 0 bridgehead atoms. The van der Waals surface area contributed by atoms with E-state index in [0.717, 1.165) is 61.6 Å². The number of nitrogens with zero attached hydrogens (tertiary/aromatic N) is 1. The van der Waals surface area contributed by atoms with Gasteiger partial charge in [-0.05, 0) is 122 Å². The Balaban J connectivity index is 1.03. The molecule has 2 aliphatic heterocycles. The molecule has 4 heteroatoms. The van der Waals surface area contributed by atoms with Crippen LogP contribution in [-0.4, -0.2) is 0 Å². The Morgan fingerprint density at radius 2 is 0.848 bits per heavy atom. The topological polar surface area (TPSA) is 25.6 Å². The lowest BCUT2D eigenvalue weighted by Crippen LogP contribution is -2.32. The van der Waals surface area contributed by atoms with Gasteiger partial charge in [0.15, 0.2) is 0 Å². The summed E-state index contributed by atoms with van der Waals surface area (Å²) in [5, 5.41) is 2.17. The SMILES string of the molecule is c1ccc2c(c1)Oc1ccccc1C21c2ccccc2-c2ccc(N(c3ccc4c(c3)-c3ccccc3C43c4ccccc4Sc4ccccc43)c3cccc4oc5ccccc5c34)cc21. The molecule has 0 fully saturated rings. The maximum Gasteiger partial charge on any atom is 0.137 e. The van der Waals surface area contributed by atoms with Crippen molar-refractivity contribution in [2.24, 2.45) is 0 Å². The minimum absolute atomic E-state index is 0.468. The van der Waals surface area contributed by atoms with Crippen LogP contribution in [0.2, 0.25) is 0 Å². The van der Waals surface area contributed by atoms with Gasteiger partial charge in [-0.15, -0.1) is 0 Å². The van der Waals surface area contributed by atoms with Crippen molar-refractivity contribution in [2.75, 3.05) is 4.90 Å². The molecule has 4 aliphatic rings. The normalized spacial score (nSPS) is 14.7. The second-order valence-electron chi connectivity index (χ2n) is 17.8. The summed E-state index contributed by atoms with van der Waals surface area (Å²) in [6.45, 7) is 0. The third-order valence-electron chi connectivity index (χ3n) is 14.8. The second kappa shape index (κ2) is 13.3. The highest BCUT2D eigenvalue weighted by Gasteiger charge is 2.52. The lowest BCUT2D eigenvalue weighted by atomic mass is 9.66. The van der Waals surface area contributed by atoms with Gasteiger partial charge in [0, 0.05) is 37.7 Å². The summed E-state index contributed by atoms with van der Waals surface area (Å²) in [7, 11) is 0. The molecule has 0 N–H and O–H groups in total. The van der Waals surface area contributed by atoms with E-state index in [0.29, 0.717) is 0 Å². The molecule has 0 saturated carbocycles. The zero-order chi connectivity index (χ0) is 43.1. The molecule has 0 unspecified atom stereocenters. The fourth-order valence-corrected chi connectivity index (χ4v) is 13.5. The van der Waals surface area contributed by atoms with Crippen molar-refractivity contribution in [3.8, 4) is 33.8 Å². The van der Waals surface area contributed by atoms with E-state index in [9.17, 15) is 0 Å². The van der Waals surface area contributed by atoms with E-state index in [1.54, 1.807) is 0 Å². The number of para-hydroxylation sites is 3.